The smallest absolute Gasteiger partial charge is 0.311 e. The van der Waals surface area contributed by atoms with Crippen LogP contribution in [-0.2, 0) is 4.79 Å². The molecule has 2 amide bonds. The van der Waals surface area contributed by atoms with Crippen molar-refractivity contribution in [3.05, 3.63) is 58.1 Å². The number of hydrogen-bond donors (Lipinski definition) is 3. The number of methoxy groups -OCH3 is 1. The predicted molar refractivity (Wildman–Crippen MR) is 113 cm³/mol. The van der Waals surface area contributed by atoms with Gasteiger partial charge in [0.05, 0.1) is 12.0 Å². The first-order valence-electron chi connectivity index (χ1n) is 8.68. The molecule has 0 spiro atoms. The van der Waals surface area contributed by atoms with Crippen LogP contribution in [0, 0.1) is 10.1 Å². The van der Waals surface area contributed by atoms with Crippen molar-refractivity contribution in [1.29, 1.82) is 0 Å². The summed E-state index contributed by atoms with van der Waals surface area (Å²) in [4.78, 5) is 34.5. The lowest BCUT2D eigenvalue weighted by molar-refractivity contribution is -0.385. The molecule has 0 aliphatic carbocycles. The van der Waals surface area contributed by atoms with Crippen LogP contribution in [-0.4, -0.2) is 29.0 Å². The van der Waals surface area contributed by atoms with Gasteiger partial charge in [0, 0.05) is 29.4 Å². The maximum absolute atomic E-state index is 12.3. The second-order valence-corrected chi connectivity index (χ2v) is 6.34. The largest absolute Gasteiger partial charge is 0.490 e. The molecule has 0 saturated carbocycles. The van der Waals surface area contributed by atoms with Crippen molar-refractivity contribution < 1.29 is 19.2 Å². The first kappa shape index (κ1) is 21.8. The Labute approximate surface area is 172 Å². The number of nitro groups is 1. The Hall–Kier alpha value is -3.53. The Morgan fingerprint density at radius 2 is 1.83 bits per heavy atom. The third-order valence-corrected chi connectivity index (χ3v) is 3.95. The van der Waals surface area contributed by atoms with E-state index in [2.05, 4.69) is 16.0 Å². The molecule has 0 fully saturated rings. The summed E-state index contributed by atoms with van der Waals surface area (Å²) in [5.74, 6) is -0.656. The first-order valence-corrected chi connectivity index (χ1v) is 9.09. The zero-order valence-electron chi connectivity index (χ0n) is 15.9. The van der Waals surface area contributed by atoms with E-state index in [1.807, 2.05) is 6.92 Å². The average molecular weight is 416 g/mol. The summed E-state index contributed by atoms with van der Waals surface area (Å²) in [6.45, 7) is 1.91. The highest BCUT2D eigenvalue weighted by Crippen LogP contribution is 2.27. The summed E-state index contributed by atoms with van der Waals surface area (Å²) in [5, 5.41) is 19.2. The monoisotopic (exact) mass is 416 g/mol. The molecular formula is C19H20N4O5S. The Balaban J connectivity index is 2.04. The summed E-state index contributed by atoms with van der Waals surface area (Å²) in [6.07, 6.45) is 1.16. The van der Waals surface area contributed by atoms with Crippen LogP contribution in [0.4, 0.5) is 17.1 Å². The molecule has 10 heteroatoms. The summed E-state index contributed by atoms with van der Waals surface area (Å²) < 4.78 is 4.91. The predicted octanol–water partition coefficient (Wildman–Crippen LogP) is 3.47. The Morgan fingerprint density at radius 3 is 2.45 bits per heavy atom. The van der Waals surface area contributed by atoms with Gasteiger partial charge in [-0.15, -0.1) is 0 Å². The number of anilines is 2. The zero-order valence-corrected chi connectivity index (χ0v) is 16.7. The van der Waals surface area contributed by atoms with Crippen molar-refractivity contribution >= 4 is 46.2 Å². The Morgan fingerprint density at radius 1 is 1.14 bits per heavy atom. The van der Waals surface area contributed by atoms with Crippen LogP contribution in [0.5, 0.6) is 5.75 Å². The molecule has 0 aromatic heterocycles. The van der Waals surface area contributed by atoms with E-state index in [0.29, 0.717) is 17.8 Å². The molecule has 9 nitrogen and oxygen atoms in total. The summed E-state index contributed by atoms with van der Waals surface area (Å²) in [7, 11) is 1.31. The number of hydrogen-bond acceptors (Lipinski definition) is 6. The Kier molecular flexibility index (Phi) is 7.61. The second-order valence-electron chi connectivity index (χ2n) is 5.93. The molecule has 2 aromatic carbocycles. The SMILES string of the molecule is CCCC(=O)Nc1cccc(NC(=S)NC(=O)c2ccc(OC)c([N+](=O)[O-])c2)c1. The summed E-state index contributed by atoms with van der Waals surface area (Å²) in [5.41, 5.74) is 0.885. The van der Waals surface area contributed by atoms with Gasteiger partial charge in [-0.05, 0) is 49.0 Å². The van der Waals surface area contributed by atoms with Crippen LogP contribution < -0.4 is 20.7 Å². The first-order chi connectivity index (χ1) is 13.8. The maximum Gasteiger partial charge on any atom is 0.311 e. The van der Waals surface area contributed by atoms with Crippen LogP contribution in [0.2, 0.25) is 0 Å². The molecule has 0 aliphatic rings. The molecule has 0 heterocycles. The molecule has 29 heavy (non-hydrogen) atoms. The topological polar surface area (TPSA) is 123 Å². The quantitative estimate of drug-likeness (QED) is 0.359. The molecule has 3 N–H and O–H groups in total. The molecule has 2 rings (SSSR count). The van der Waals surface area contributed by atoms with Gasteiger partial charge in [0.15, 0.2) is 10.9 Å². The van der Waals surface area contributed by atoms with Crippen molar-refractivity contribution in [3.63, 3.8) is 0 Å². The van der Waals surface area contributed by atoms with E-state index in [-0.39, 0.29) is 28.0 Å². The van der Waals surface area contributed by atoms with E-state index in [4.69, 9.17) is 17.0 Å². The van der Waals surface area contributed by atoms with Crippen LogP contribution >= 0.6 is 12.2 Å². The highest BCUT2D eigenvalue weighted by atomic mass is 32.1. The summed E-state index contributed by atoms with van der Waals surface area (Å²) >= 11 is 5.13. The third-order valence-electron chi connectivity index (χ3n) is 3.75. The van der Waals surface area contributed by atoms with Crippen molar-refractivity contribution in [2.75, 3.05) is 17.7 Å². The molecule has 152 valence electrons. The summed E-state index contributed by atoms with van der Waals surface area (Å²) in [6, 6.07) is 10.7. The number of thiocarbonyl (C=S) groups is 1. The number of nitrogens with one attached hydrogen (secondary N) is 3. The highest BCUT2D eigenvalue weighted by molar-refractivity contribution is 7.80. The van der Waals surface area contributed by atoms with E-state index in [1.165, 1.54) is 19.2 Å². The van der Waals surface area contributed by atoms with E-state index < -0.39 is 10.8 Å². The Bertz CT molecular complexity index is 948. The second kappa shape index (κ2) is 10.1. The molecule has 0 aliphatic heterocycles. The van der Waals surface area contributed by atoms with Crippen LogP contribution in [0.1, 0.15) is 30.1 Å². The van der Waals surface area contributed by atoms with Crippen molar-refractivity contribution in [1.82, 2.24) is 5.32 Å². The van der Waals surface area contributed by atoms with E-state index >= 15 is 0 Å². The van der Waals surface area contributed by atoms with E-state index in [0.717, 1.165) is 12.5 Å². The van der Waals surface area contributed by atoms with Crippen molar-refractivity contribution in [2.45, 2.75) is 19.8 Å². The minimum Gasteiger partial charge on any atom is -0.490 e. The fourth-order valence-electron chi connectivity index (χ4n) is 2.44. The average Bonchev–Trinajstić information content (AvgIpc) is 2.67. The van der Waals surface area contributed by atoms with Gasteiger partial charge >= 0.3 is 5.69 Å². The van der Waals surface area contributed by atoms with Gasteiger partial charge in [0.2, 0.25) is 5.91 Å². The third kappa shape index (κ3) is 6.25. The molecule has 0 unspecified atom stereocenters. The van der Waals surface area contributed by atoms with Crippen LogP contribution in [0.25, 0.3) is 0 Å². The molecule has 0 atom stereocenters. The van der Waals surface area contributed by atoms with Crippen LogP contribution in [0.3, 0.4) is 0 Å². The number of ether oxygens (including phenoxy) is 1. The lowest BCUT2D eigenvalue weighted by atomic mass is 10.1. The number of rotatable bonds is 7. The minimum atomic E-state index is -0.634. The van der Waals surface area contributed by atoms with Crippen LogP contribution in [0.15, 0.2) is 42.5 Å². The zero-order chi connectivity index (χ0) is 21.4. The fraction of sp³-hybridized carbons (Fsp3) is 0.211. The van der Waals surface area contributed by atoms with Crippen molar-refractivity contribution in [2.24, 2.45) is 0 Å². The molecule has 0 radical (unpaired) electrons. The molecule has 0 bridgehead atoms. The number of benzene rings is 2. The molecule has 2 aromatic rings. The standard InChI is InChI=1S/C19H20N4O5S/c1-3-5-17(24)20-13-6-4-7-14(11-13)21-19(29)22-18(25)12-8-9-16(28-2)15(10-12)23(26)27/h4,6-11H,3,5H2,1-2H3,(H,20,24)(H2,21,22,25,29). The number of carbonyl (C=O) groups excluding carboxylic acids is 2. The van der Waals surface area contributed by atoms with E-state index in [1.54, 1.807) is 24.3 Å². The van der Waals surface area contributed by atoms with Gasteiger partial charge in [-0.1, -0.05) is 13.0 Å². The van der Waals surface area contributed by atoms with E-state index in [9.17, 15) is 19.7 Å². The van der Waals surface area contributed by atoms with Crippen molar-refractivity contribution in [3.8, 4) is 5.75 Å². The minimum absolute atomic E-state index is 0.00510. The van der Waals surface area contributed by atoms with Gasteiger partial charge in [0.25, 0.3) is 5.91 Å². The number of nitrogens with zero attached hydrogens (tertiary/aromatic N) is 1. The number of nitro benzene ring substituents is 1. The fourth-order valence-corrected chi connectivity index (χ4v) is 2.65. The number of carbonyl (C=O) groups is 2. The highest BCUT2D eigenvalue weighted by Gasteiger charge is 2.18. The lowest BCUT2D eigenvalue weighted by Crippen LogP contribution is -2.34. The van der Waals surface area contributed by atoms with Gasteiger partial charge in [-0.3, -0.25) is 25.0 Å². The lowest BCUT2D eigenvalue weighted by Gasteiger charge is -2.11. The normalized spacial score (nSPS) is 10.0. The van der Waals surface area contributed by atoms with Gasteiger partial charge in [-0.2, -0.15) is 0 Å². The van der Waals surface area contributed by atoms with Gasteiger partial charge in [-0.25, -0.2) is 0 Å². The molecular weight excluding hydrogens is 396 g/mol. The maximum atomic E-state index is 12.3. The number of amides is 2. The van der Waals surface area contributed by atoms with Gasteiger partial charge in [0.1, 0.15) is 0 Å². The molecule has 0 saturated heterocycles. The van der Waals surface area contributed by atoms with Gasteiger partial charge < -0.3 is 15.4 Å².